The highest BCUT2D eigenvalue weighted by atomic mass is 16.2. The Labute approximate surface area is 84.0 Å². The molecule has 0 bridgehead atoms. The van der Waals surface area contributed by atoms with Crippen LogP contribution >= 0.6 is 0 Å². The first-order chi connectivity index (χ1) is 6.74. The maximum atomic E-state index is 11.4. The van der Waals surface area contributed by atoms with Crippen LogP contribution in [0.3, 0.4) is 0 Å². The van der Waals surface area contributed by atoms with E-state index in [0.29, 0.717) is 0 Å². The van der Waals surface area contributed by atoms with E-state index in [1.54, 1.807) is 10.6 Å². The van der Waals surface area contributed by atoms with Gasteiger partial charge in [0.05, 0.1) is 0 Å². The molecule has 0 fully saturated rings. The van der Waals surface area contributed by atoms with Crippen molar-refractivity contribution in [1.29, 1.82) is 0 Å². The lowest BCUT2D eigenvalue weighted by Gasteiger charge is -2.04. The quantitative estimate of drug-likeness (QED) is 0.720. The second-order valence-corrected chi connectivity index (χ2v) is 3.52. The molecule has 1 rings (SSSR count). The lowest BCUT2D eigenvalue weighted by atomic mass is 10.2. The zero-order chi connectivity index (χ0) is 10.4. The van der Waals surface area contributed by atoms with Crippen LogP contribution in [0.1, 0.15) is 24.8 Å². The summed E-state index contributed by atoms with van der Waals surface area (Å²) in [5.74, 6) is 0. The number of nitrogens with zero attached hydrogens (tertiary/aromatic N) is 1. The van der Waals surface area contributed by atoms with E-state index in [4.69, 9.17) is 5.11 Å². The zero-order valence-electron chi connectivity index (χ0n) is 8.57. The van der Waals surface area contributed by atoms with Gasteiger partial charge in [-0.15, -0.1) is 0 Å². The summed E-state index contributed by atoms with van der Waals surface area (Å²) < 4.78 is 1.71. The van der Waals surface area contributed by atoms with Gasteiger partial charge in [0.2, 0.25) is 0 Å². The van der Waals surface area contributed by atoms with Crippen molar-refractivity contribution in [3.8, 4) is 0 Å². The van der Waals surface area contributed by atoms with Crippen molar-refractivity contribution < 1.29 is 5.11 Å². The second-order valence-electron chi connectivity index (χ2n) is 3.52. The molecule has 78 valence electrons. The topological polar surface area (TPSA) is 42.2 Å². The third kappa shape index (κ3) is 3.34. The molecular formula is C11H17NO2. The predicted molar refractivity (Wildman–Crippen MR) is 56.4 cm³/mol. The van der Waals surface area contributed by atoms with Gasteiger partial charge in [0.1, 0.15) is 0 Å². The molecule has 3 nitrogen and oxygen atoms in total. The van der Waals surface area contributed by atoms with Crippen molar-refractivity contribution in [2.24, 2.45) is 0 Å². The van der Waals surface area contributed by atoms with Gasteiger partial charge in [-0.2, -0.15) is 0 Å². The van der Waals surface area contributed by atoms with Gasteiger partial charge in [0.15, 0.2) is 0 Å². The maximum absolute atomic E-state index is 11.4. The van der Waals surface area contributed by atoms with E-state index in [0.717, 1.165) is 31.4 Å². The molecule has 0 aliphatic heterocycles. The minimum absolute atomic E-state index is 0.0639. The number of aliphatic hydroxyl groups excluding tert-OH is 1. The van der Waals surface area contributed by atoms with Crippen molar-refractivity contribution in [1.82, 2.24) is 4.57 Å². The molecule has 0 saturated heterocycles. The Morgan fingerprint density at radius 2 is 2.14 bits per heavy atom. The summed E-state index contributed by atoms with van der Waals surface area (Å²) in [6.45, 7) is 2.90. The highest BCUT2D eigenvalue weighted by Crippen LogP contribution is 1.97. The number of pyridine rings is 1. The van der Waals surface area contributed by atoms with Gasteiger partial charge < -0.3 is 9.67 Å². The molecule has 0 saturated carbocycles. The maximum Gasteiger partial charge on any atom is 0.250 e. The predicted octanol–water partition coefficient (Wildman–Crippen LogP) is 1.32. The Morgan fingerprint density at radius 1 is 1.36 bits per heavy atom. The van der Waals surface area contributed by atoms with Crippen molar-refractivity contribution in [3.05, 3.63) is 34.2 Å². The van der Waals surface area contributed by atoms with E-state index >= 15 is 0 Å². The molecule has 0 unspecified atom stereocenters. The largest absolute Gasteiger partial charge is 0.396 e. The van der Waals surface area contributed by atoms with Crippen LogP contribution in [0.15, 0.2) is 23.1 Å². The lowest BCUT2D eigenvalue weighted by molar-refractivity contribution is 0.281. The van der Waals surface area contributed by atoms with Crippen LogP contribution in [0, 0.1) is 6.92 Å². The lowest BCUT2D eigenvalue weighted by Crippen LogP contribution is -2.18. The monoisotopic (exact) mass is 195 g/mol. The normalized spacial score (nSPS) is 10.4. The van der Waals surface area contributed by atoms with Crippen LogP contribution in [0.2, 0.25) is 0 Å². The Hall–Kier alpha value is -1.09. The van der Waals surface area contributed by atoms with Gasteiger partial charge in [-0.1, -0.05) is 0 Å². The molecule has 0 aliphatic carbocycles. The highest BCUT2D eigenvalue weighted by Gasteiger charge is 1.95. The van der Waals surface area contributed by atoms with Gasteiger partial charge in [-0.25, -0.2) is 0 Å². The second kappa shape index (κ2) is 5.60. The van der Waals surface area contributed by atoms with Crippen LogP contribution in [0.25, 0.3) is 0 Å². The van der Waals surface area contributed by atoms with Crippen LogP contribution in [0.4, 0.5) is 0 Å². The number of unbranched alkanes of at least 4 members (excludes halogenated alkanes) is 2. The van der Waals surface area contributed by atoms with Gasteiger partial charge in [0, 0.05) is 25.4 Å². The SMILES string of the molecule is Cc1ccn(CCCCCO)c(=O)c1. The molecule has 0 amide bonds. The van der Waals surface area contributed by atoms with Gasteiger partial charge >= 0.3 is 0 Å². The fourth-order valence-corrected chi connectivity index (χ4v) is 1.36. The highest BCUT2D eigenvalue weighted by molar-refractivity contribution is 5.07. The first kappa shape index (κ1) is 11.0. The smallest absolute Gasteiger partial charge is 0.250 e. The molecule has 0 atom stereocenters. The molecule has 1 aromatic rings. The van der Waals surface area contributed by atoms with E-state index in [9.17, 15) is 4.79 Å². The van der Waals surface area contributed by atoms with E-state index in [1.165, 1.54) is 0 Å². The van der Waals surface area contributed by atoms with Crippen LogP contribution < -0.4 is 5.56 Å². The number of aromatic nitrogens is 1. The molecule has 0 radical (unpaired) electrons. The first-order valence-corrected chi connectivity index (χ1v) is 5.02. The average Bonchev–Trinajstić information content (AvgIpc) is 2.15. The summed E-state index contributed by atoms with van der Waals surface area (Å²) >= 11 is 0. The minimum atomic E-state index is 0.0639. The molecule has 0 aliphatic rings. The van der Waals surface area contributed by atoms with Crippen LogP contribution in [-0.2, 0) is 6.54 Å². The molecule has 3 heteroatoms. The Kier molecular flexibility index (Phi) is 4.40. The summed E-state index contributed by atoms with van der Waals surface area (Å²) in [6.07, 6.45) is 4.57. The van der Waals surface area contributed by atoms with Crippen molar-refractivity contribution in [2.45, 2.75) is 32.7 Å². The number of hydrogen-bond donors (Lipinski definition) is 1. The Morgan fingerprint density at radius 3 is 2.79 bits per heavy atom. The third-order valence-corrected chi connectivity index (χ3v) is 2.21. The molecular weight excluding hydrogens is 178 g/mol. The van der Waals surface area contributed by atoms with E-state index < -0.39 is 0 Å². The average molecular weight is 195 g/mol. The number of rotatable bonds is 5. The standard InChI is InChI=1S/C11H17NO2/c1-10-5-7-12(11(14)9-10)6-3-2-4-8-13/h5,7,9,13H,2-4,6,8H2,1H3. The van der Waals surface area contributed by atoms with Gasteiger partial charge in [0.25, 0.3) is 5.56 Å². The summed E-state index contributed by atoms with van der Waals surface area (Å²) in [7, 11) is 0. The fourth-order valence-electron chi connectivity index (χ4n) is 1.36. The Balaban J connectivity index is 2.47. The van der Waals surface area contributed by atoms with Crippen LogP contribution in [-0.4, -0.2) is 16.3 Å². The summed E-state index contributed by atoms with van der Waals surface area (Å²) in [5, 5.41) is 8.59. The minimum Gasteiger partial charge on any atom is -0.396 e. The molecule has 0 spiro atoms. The summed E-state index contributed by atoms with van der Waals surface area (Å²) in [4.78, 5) is 11.4. The third-order valence-electron chi connectivity index (χ3n) is 2.21. The molecule has 1 N–H and O–H groups in total. The number of hydrogen-bond acceptors (Lipinski definition) is 2. The molecule has 0 aromatic carbocycles. The first-order valence-electron chi connectivity index (χ1n) is 5.02. The van der Waals surface area contributed by atoms with E-state index in [-0.39, 0.29) is 12.2 Å². The van der Waals surface area contributed by atoms with Gasteiger partial charge in [-0.3, -0.25) is 4.79 Å². The Bertz CT molecular complexity index is 330. The van der Waals surface area contributed by atoms with Crippen LogP contribution in [0.5, 0.6) is 0 Å². The zero-order valence-corrected chi connectivity index (χ0v) is 8.57. The molecule has 1 heterocycles. The van der Waals surface area contributed by atoms with Crippen molar-refractivity contribution in [3.63, 3.8) is 0 Å². The van der Waals surface area contributed by atoms with Gasteiger partial charge in [-0.05, 0) is 37.8 Å². The van der Waals surface area contributed by atoms with Crippen molar-refractivity contribution >= 4 is 0 Å². The summed E-state index contributed by atoms with van der Waals surface area (Å²) in [5.41, 5.74) is 1.07. The number of aliphatic hydroxyl groups is 1. The van der Waals surface area contributed by atoms with E-state index in [2.05, 4.69) is 0 Å². The number of aryl methyl sites for hydroxylation is 2. The summed E-state index contributed by atoms with van der Waals surface area (Å²) in [6, 6.07) is 3.58. The molecule has 14 heavy (non-hydrogen) atoms. The van der Waals surface area contributed by atoms with Crippen molar-refractivity contribution in [2.75, 3.05) is 6.61 Å². The van der Waals surface area contributed by atoms with E-state index in [1.807, 2.05) is 19.2 Å². The molecule has 1 aromatic heterocycles. The fraction of sp³-hybridized carbons (Fsp3) is 0.545.